The molecule has 1 amide bonds. The van der Waals surface area contributed by atoms with Gasteiger partial charge in [0.05, 0.1) is 0 Å². The minimum atomic E-state index is -0.391. The zero-order valence-electron chi connectivity index (χ0n) is 7.92. The van der Waals surface area contributed by atoms with Gasteiger partial charge in [-0.2, -0.15) is 0 Å². The van der Waals surface area contributed by atoms with Crippen molar-refractivity contribution >= 4 is 6.09 Å². The first kappa shape index (κ1) is 12.2. The van der Waals surface area contributed by atoms with Gasteiger partial charge in [-0.1, -0.05) is 6.42 Å². The Morgan fingerprint density at radius 2 is 1.92 bits per heavy atom. The van der Waals surface area contributed by atoms with Crippen molar-refractivity contribution in [2.24, 2.45) is 11.5 Å². The number of alkyl carbamates (subject to hydrolysis) is 1. The highest BCUT2D eigenvalue weighted by atomic mass is 16.5. The lowest BCUT2D eigenvalue weighted by Gasteiger charge is -2.04. The molecule has 78 valence electrons. The first-order valence-electron chi connectivity index (χ1n) is 4.62. The topological polar surface area (TPSA) is 90.4 Å². The van der Waals surface area contributed by atoms with Gasteiger partial charge in [-0.3, -0.25) is 0 Å². The number of ether oxygens (including phenoxy) is 1. The predicted octanol–water partition coefficient (Wildman–Crippen LogP) is -0.200. The van der Waals surface area contributed by atoms with Gasteiger partial charge in [0.1, 0.15) is 6.61 Å². The van der Waals surface area contributed by atoms with Gasteiger partial charge in [0.25, 0.3) is 0 Å². The van der Waals surface area contributed by atoms with Gasteiger partial charge in [-0.05, 0) is 19.4 Å². The number of rotatable bonds is 7. The van der Waals surface area contributed by atoms with E-state index in [0.717, 1.165) is 19.3 Å². The second kappa shape index (κ2) is 9.28. The van der Waals surface area contributed by atoms with Crippen molar-refractivity contribution in [3.8, 4) is 0 Å². The fourth-order valence-corrected chi connectivity index (χ4v) is 0.839. The summed E-state index contributed by atoms with van der Waals surface area (Å²) in [7, 11) is 0. The third-order valence-corrected chi connectivity index (χ3v) is 1.50. The summed E-state index contributed by atoms with van der Waals surface area (Å²) in [5, 5.41) is 2.62. The molecule has 0 aliphatic rings. The molecule has 5 N–H and O–H groups in total. The Kier molecular flexibility index (Phi) is 8.70. The van der Waals surface area contributed by atoms with E-state index >= 15 is 0 Å². The maximum absolute atomic E-state index is 10.8. The number of carbonyl (C=O) groups is 1. The summed E-state index contributed by atoms with van der Waals surface area (Å²) in [4.78, 5) is 10.8. The zero-order valence-corrected chi connectivity index (χ0v) is 7.92. The van der Waals surface area contributed by atoms with Gasteiger partial charge in [-0.25, -0.2) is 4.79 Å². The smallest absolute Gasteiger partial charge is 0.407 e. The largest absolute Gasteiger partial charge is 0.448 e. The third kappa shape index (κ3) is 9.10. The van der Waals surface area contributed by atoms with Crippen LogP contribution in [0.2, 0.25) is 0 Å². The highest BCUT2D eigenvalue weighted by Gasteiger charge is 1.98. The third-order valence-electron chi connectivity index (χ3n) is 1.50. The normalized spacial score (nSPS) is 9.69. The Morgan fingerprint density at radius 1 is 1.15 bits per heavy atom. The summed E-state index contributed by atoms with van der Waals surface area (Å²) >= 11 is 0. The van der Waals surface area contributed by atoms with E-state index in [-0.39, 0.29) is 6.61 Å². The molecule has 0 aliphatic carbocycles. The molecule has 13 heavy (non-hydrogen) atoms. The molecule has 0 radical (unpaired) electrons. The Morgan fingerprint density at radius 3 is 2.54 bits per heavy atom. The molecule has 0 aliphatic heterocycles. The standard InChI is InChI=1S/C8H19N3O2/c9-4-2-1-3-6-11-8(12)13-7-5-10/h1-7,9-10H2,(H,11,12). The number of nitrogens with one attached hydrogen (secondary N) is 1. The average Bonchev–Trinajstić information content (AvgIpc) is 2.14. The van der Waals surface area contributed by atoms with Crippen LogP contribution in [0.1, 0.15) is 19.3 Å². The zero-order chi connectivity index (χ0) is 9.94. The van der Waals surface area contributed by atoms with Gasteiger partial charge in [0.15, 0.2) is 0 Å². The van der Waals surface area contributed by atoms with Crippen LogP contribution in [0, 0.1) is 0 Å². The van der Waals surface area contributed by atoms with Crippen LogP contribution in [0.4, 0.5) is 4.79 Å². The summed E-state index contributed by atoms with van der Waals surface area (Å²) in [6.45, 7) is 1.98. The summed E-state index contributed by atoms with van der Waals surface area (Å²) in [6, 6.07) is 0. The molecule has 0 saturated carbocycles. The van der Waals surface area contributed by atoms with Crippen molar-refractivity contribution < 1.29 is 9.53 Å². The highest BCUT2D eigenvalue weighted by molar-refractivity contribution is 5.66. The number of hydrogen-bond donors (Lipinski definition) is 3. The molecule has 5 heteroatoms. The molecule has 0 aromatic carbocycles. The van der Waals surface area contributed by atoms with Crippen molar-refractivity contribution in [3.05, 3.63) is 0 Å². The van der Waals surface area contributed by atoms with Crippen LogP contribution < -0.4 is 16.8 Å². The fraction of sp³-hybridized carbons (Fsp3) is 0.875. The second-order valence-electron chi connectivity index (χ2n) is 2.70. The molecule has 0 rings (SSSR count). The van der Waals surface area contributed by atoms with Crippen LogP contribution in [0.25, 0.3) is 0 Å². The van der Waals surface area contributed by atoms with Crippen molar-refractivity contribution in [2.75, 3.05) is 26.2 Å². The van der Waals surface area contributed by atoms with Crippen molar-refractivity contribution in [1.82, 2.24) is 5.32 Å². The molecule has 0 heterocycles. The summed E-state index contributed by atoms with van der Waals surface area (Å²) in [5.41, 5.74) is 10.5. The van der Waals surface area contributed by atoms with Crippen LogP contribution in [0.15, 0.2) is 0 Å². The molecule has 0 unspecified atom stereocenters. The van der Waals surface area contributed by atoms with Crippen molar-refractivity contribution in [2.45, 2.75) is 19.3 Å². The summed E-state index contributed by atoms with van der Waals surface area (Å²) in [5.74, 6) is 0. The van der Waals surface area contributed by atoms with Gasteiger partial charge in [0.2, 0.25) is 0 Å². The molecule has 0 spiro atoms. The minimum absolute atomic E-state index is 0.272. The number of hydrogen-bond acceptors (Lipinski definition) is 4. The Balaban J connectivity index is 3.08. The first-order valence-corrected chi connectivity index (χ1v) is 4.62. The molecular formula is C8H19N3O2. The maximum atomic E-state index is 10.8. The van der Waals surface area contributed by atoms with E-state index in [0.29, 0.717) is 19.6 Å². The van der Waals surface area contributed by atoms with E-state index in [2.05, 4.69) is 5.32 Å². The van der Waals surface area contributed by atoms with E-state index in [9.17, 15) is 4.79 Å². The molecule has 0 fully saturated rings. The summed E-state index contributed by atoms with van der Waals surface area (Å²) < 4.78 is 4.70. The Bertz CT molecular complexity index is 131. The molecule has 0 aromatic rings. The Hall–Kier alpha value is -0.810. The SMILES string of the molecule is NCCCCCNC(=O)OCCN. The number of nitrogens with two attached hydrogens (primary N) is 2. The molecule has 5 nitrogen and oxygen atoms in total. The highest BCUT2D eigenvalue weighted by Crippen LogP contribution is 1.91. The van der Waals surface area contributed by atoms with Crippen LogP contribution in [0.3, 0.4) is 0 Å². The maximum Gasteiger partial charge on any atom is 0.407 e. The molecule has 0 atom stereocenters. The lowest BCUT2D eigenvalue weighted by Crippen LogP contribution is -2.27. The second-order valence-corrected chi connectivity index (χ2v) is 2.70. The van der Waals surface area contributed by atoms with Crippen LogP contribution in [-0.2, 0) is 4.74 Å². The molecular weight excluding hydrogens is 170 g/mol. The Labute approximate surface area is 78.8 Å². The average molecular weight is 189 g/mol. The number of unbranched alkanes of at least 4 members (excludes halogenated alkanes) is 2. The van der Waals surface area contributed by atoms with E-state index < -0.39 is 6.09 Å². The van der Waals surface area contributed by atoms with Crippen LogP contribution >= 0.6 is 0 Å². The lowest BCUT2D eigenvalue weighted by molar-refractivity contribution is 0.149. The van der Waals surface area contributed by atoms with Crippen LogP contribution in [-0.4, -0.2) is 32.3 Å². The number of amides is 1. The minimum Gasteiger partial charge on any atom is -0.448 e. The van der Waals surface area contributed by atoms with E-state index in [1.165, 1.54) is 0 Å². The number of carbonyl (C=O) groups excluding carboxylic acids is 1. The van der Waals surface area contributed by atoms with Gasteiger partial charge < -0.3 is 21.5 Å². The molecule has 0 bridgehead atoms. The summed E-state index contributed by atoms with van der Waals surface area (Å²) in [6.07, 6.45) is 2.58. The predicted molar refractivity (Wildman–Crippen MR) is 51.3 cm³/mol. The van der Waals surface area contributed by atoms with Crippen molar-refractivity contribution in [3.63, 3.8) is 0 Å². The first-order chi connectivity index (χ1) is 6.31. The lowest BCUT2D eigenvalue weighted by atomic mass is 10.2. The van der Waals surface area contributed by atoms with Crippen molar-refractivity contribution in [1.29, 1.82) is 0 Å². The van der Waals surface area contributed by atoms with Gasteiger partial charge in [0, 0.05) is 13.1 Å². The van der Waals surface area contributed by atoms with E-state index in [1.54, 1.807) is 0 Å². The molecule has 0 saturated heterocycles. The quantitative estimate of drug-likeness (QED) is 0.484. The monoisotopic (exact) mass is 189 g/mol. The van der Waals surface area contributed by atoms with Gasteiger partial charge >= 0.3 is 6.09 Å². The van der Waals surface area contributed by atoms with E-state index in [1.807, 2.05) is 0 Å². The molecule has 0 aromatic heterocycles. The van der Waals surface area contributed by atoms with Crippen LogP contribution in [0.5, 0.6) is 0 Å². The van der Waals surface area contributed by atoms with E-state index in [4.69, 9.17) is 16.2 Å². The fourth-order valence-electron chi connectivity index (χ4n) is 0.839. The van der Waals surface area contributed by atoms with Gasteiger partial charge in [-0.15, -0.1) is 0 Å².